The highest BCUT2D eigenvalue weighted by Crippen LogP contribution is 2.44. The Kier molecular flexibility index (Phi) is 14.7. The molecule has 2 aromatic rings. The molecule has 0 saturated carbocycles. The predicted octanol–water partition coefficient (Wildman–Crippen LogP) is 4.69. The van der Waals surface area contributed by atoms with Crippen LogP contribution in [0, 0.1) is 0 Å². The number of hydrogen-bond donors (Lipinski definition) is 3. The largest absolute Gasteiger partial charge is 0.462 e. The lowest BCUT2D eigenvalue weighted by molar-refractivity contribution is -0.151. The zero-order chi connectivity index (χ0) is 33.5. The van der Waals surface area contributed by atoms with Gasteiger partial charge in [0.25, 0.3) is 0 Å². The third-order valence-electron chi connectivity index (χ3n) is 6.84. The van der Waals surface area contributed by atoms with E-state index in [-0.39, 0.29) is 37.6 Å². The number of nitrogens with one attached hydrogen (secondary N) is 2. The van der Waals surface area contributed by atoms with E-state index in [1.54, 1.807) is 58.0 Å². The lowest BCUT2D eigenvalue weighted by Gasteiger charge is -2.24. The van der Waals surface area contributed by atoms with Crippen LogP contribution in [-0.4, -0.2) is 73.4 Å². The zero-order valence-electron chi connectivity index (χ0n) is 26.8. The summed E-state index contributed by atoms with van der Waals surface area (Å²) in [6, 6.07) is 13.8. The molecule has 1 fully saturated rings. The van der Waals surface area contributed by atoms with Crippen LogP contribution in [0.2, 0.25) is 0 Å². The maximum atomic E-state index is 13.9. The van der Waals surface area contributed by atoms with Crippen molar-refractivity contribution in [2.45, 2.75) is 77.9 Å². The maximum Gasteiger partial charge on any atom is 0.408 e. The van der Waals surface area contributed by atoms with Gasteiger partial charge in [-0.05, 0) is 57.4 Å². The van der Waals surface area contributed by atoms with Gasteiger partial charge in [-0.15, -0.1) is 0 Å². The van der Waals surface area contributed by atoms with Gasteiger partial charge in [-0.2, -0.15) is 0 Å². The van der Waals surface area contributed by atoms with Gasteiger partial charge >= 0.3 is 25.6 Å². The van der Waals surface area contributed by atoms with Crippen molar-refractivity contribution in [1.29, 1.82) is 0 Å². The summed E-state index contributed by atoms with van der Waals surface area (Å²) in [6.45, 7) is 7.44. The molecule has 0 bridgehead atoms. The molecule has 1 saturated heterocycles. The van der Waals surface area contributed by atoms with Gasteiger partial charge in [0, 0.05) is 12.8 Å². The van der Waals surface area contributed by atoms with E-state index in [0.717, 1.165) is 5.56 Å². The van der Waals surface area contributed by atoms with Gasteiger partial charge in [0.05, 0.1) is 32.1 Å². The van der Waals surface area contributed by atoms with Crippen LogP contribution in [0.15, 0.2) is 66.2 Å². The Balaban J connectivity index is 1.70. The molecule has 252 valence electrons. The monoisotopic (exact) mass is 660 g/mol. The number of hydrogen-bond acceptors (Lipinski definition) is 10. The lowest BCUT2D eigenvalue weighted by Crippen LogP contribution is -2.44. The summed E-state index contributed by atoms with van der Waals surface area (Å²) in [7, 11) is -3.63. The molecule has 1 aliphatic rings. The van der Waals surface area contributed by atoms with Crippen molar-refractivity contribution in [3.63, 3.8) is 0 Å². The first-order valence-electron chi connectivity index (χ1n) is 15.3. The molecular formula is C33H45N2O10P. The molecule has 1 aliphatic heterocycles. The molecule has 4 atom stereocenters. The Hall–Kier alpha value is -3.70. The summed E-state index contributed by atoms with van der Waals surface area (Å²) < 4.78 is 41.3. The van der Waals surface area contributed by atoms with E-state index in [1.165, 1.54) is 0 Å². The molecule has 0 aromatic heterocycles. The fourth-order valence-electron chi connectivity index (χ4n) is 4.41. The summed E-state index contributed by atoms with van der Waals surface area (Å²) in [4.78, 5) is 38.1. The minimum atomic E-state index is -3.63. The van der Waals surface area contributed by atoms with E-state index in [1.807, 2.05) is 30.3 Å². The standard InChI is InChI=1S/C33H45N2O10P/c1-23(2)43-31(37)25(4)35-46(40,18-8-9-24(3)20-36)45-28-14-12-26(13-15-28)19-30(32(38)44-29-16-17-41-22-29)34-33(39)42-21-27-10-6-5-7-11-27/h5-7,9-15,23,25,29-30,36H,8,16-22H2,1-4H3,(H,34,39)(H,35,40)/b24-9+/t25-,29+,30-,46?/m0/s1. The normalized spacial score (nSPS) is 17.4. The maximum absolute atomic E-state index is 13.9. The number of carbonyl (C=O) groups is 3. The van der Waals surface area contributed by atoms with Crippen LogP contribution in [0.4, 0.5) is 4.79 Å². The van der Waals surface area contributed by atoms with Gasteiger partial charge in [0.1, 0.15) is 30.5 Å². The van der Waals surface area contributed by atoms with Crippen LogP contribution in [0.3, 0.4) is 0 Å². The topological polar surface area (TPSA) is 159 Å². The average Bonchev–Trinajstić information content (AvgIpc) is 3.53. The van der Waals surface area contributed by atoms with Crippen LogP contribution in [0.1, 0.15) is 51.7 Å². The van der Waals surface area contributed by atoms with E-state index >= 15 is 0 Å². The van der Waals surface area contributed by atoms with Crippen molar-refractivity contribution in [3.8, 4) is 5.75 Å². The highest BCUT2D eigenvalue weighted by atomic mass is 31.2. The van der Waals surface area contributed by atoms with E-state index in [2.05, 4.69) is 10.4 Å². The predicted molar refractivity (Wildman–Crippen MR) is 171 cm³/mol. The number of esters is 2. The second-order valence-electron chi connectivity index (χ2n) is 11.4. The molecule has 46 heavy (non-hydrogen) atoms. The van der Waals surface area contributed by atoms with Gasteiger partial charge < -0.3 is 33.9 Å². The number of alkyl carbamates (subject to hydrolysis) is 1. The third-order valence-corrected chi connectivity index (χ3v) is 8.97. The molecule has 0 aliphatic carbocycles. The minimum Gasteiger partial charge on any atom is -0.462 e. The van der Waals surface area contributed by atoms with Crippen LogP contribution >= 0.6 is 7.52 Å². The van der Waals surface area contributed by atoms with E-state index < -0.39 is 43.7 Å². The summed E-state index contributed by atoms with van der Waals surface area (Å²) >= 11 is 0. The van der Waals surface area contributed by atoms with Crippen molar-refractivity contribution >= 4 is 25.6 Å². The van der Waals surface area contributed by atoms with Crippen molar-refractivity contribution in [1.82, 2.24) is 10.4 Å². The first-order chi connectivity index (χ1) is 22.0. The Morgan fingerprint density at radius 3 is 2.39 bits per heavy atom. The Bertz CT molecular complexity index is 1340. The van der Waals surface area contributed by atoms with Crippen molar-refractivity contribution in [3.05, 3.63) is 77.4 Å². The molecule has 1 heterocycles. The highest BCUT2D eigenvalue weighted by Gasteiger charge is 2.31. The summed E-state index contributed by atoms with van der Waals surface area (Å²) in [6.07, 6.45) is 1.30. The third kappa shape index (κ3) is 13.0. The number of amides is 1. The minimum absolute atomic E-state index is 0.0359. The van der Waals surface area contributed by atoms with Gasteiger partial charge in [0.2, 0.25) is 0 Å². The SMILES string of the molecule is C/C(=C\CCP(=O)(N[C@@H](C)C(=O)OC(C)C)Oc1ccc(C[C@H](NC(=O)OCc2ccccc2)C(=O)O[C@@H]2CCOC2)cc1)CO. The van der Waals surface area contributed by atoms with Crippen molar-refractivity contribution in [2.24, 2.45) is 0 Å². The number of allylic oxidation sites excluding steroid dienone is 1. The molecule has 2 aromatic carbocycles. The molecular weight excluding hydrogens is 615 g/mol. The summed E-state index contributed by atoms with van der Waals surface area (Å²) in [5.74, 6) is -0.910. The van der Waals surface area contributed by atoms with Gasteiger partial charge in [0.15, 0.2) is 0 Å². The molecule has 0 spiro atoms. The van der Waals surface area contributed by atoms with Gasteiger partial charge in [-0.3, -0.25) is 9.36 Å². The van der Waals surface area contributed by atoms with Gasteiger partial charge in [-0.1, -0.05) is 54.1 Å². The lowest BCUT2D eigenvalue weighted by atomic mass is 10.1. The Morgan fingerprint density at radius 2 is 1.76 bits per heavy atom. The number of benzene rings is 2. The van der Waals surface area contributed by atoms with Crippen LogP contribution in [0.5, 0.6) is 5.75 Å². The fraction of sp³-hybridized carbons (Fsp3) is 0.485. The van der Waals surface area contributed by atoms with Crippen molar-refractivity contribution < 1.29 is 47.5 Å². The fourth-order valence-corrected chi connectivity index (χ4v) is 6.31. The molecule has 1 unspecified atom stereocenters. The van der Waals surface area contributed by atoms with Crippen molar-refractivity contribution in [2.75, 3.05) is 26.0 Å². The highest BCUT2D eigenvalue weighted by molar-refractivity contribution is 7.57. The average molecular weight is 661 g/mol. The number of aliphatic hydroxyl groups excluding tert-OH is 1. The second kappa shape index (κ2) is 18.4. The summed E-state index contributed by atoms with van der Waals surface area (Å²) in [5, 5.41) is 14.7. The summed E-state index contributed by atoms with van der Waals surface area (Å²) in [5.41, 5.74) is 2.18. The number of ether oxygens (including phenoxy) is 4. The smallest absolute Gasteiger partial charge is 0.408 e. The van der Waals surface area contributed by atoms with Crippen LogP contribution in [-0.2, 0) is 46.1 Å². The molecule has 1 amide bonds. The Labute approximate surface area is 270 Å². The number of rotatable bonds is 17. The molecule has 3 rings (SSSR count). The van der Waals surface area contributed by atoms with E-state index in [0.29, 0.717) is 37.2 Å². The number of aliphatic hydroxyl groups is 1. The zero-order valence-corrected chi connectivity index (χ0v) is 27.7. The van der Waals surface area contributed by atoms with Gasteiger partial charge in [-0.25, -0.2) is 14.7 Å². The molecule has 3 N–H and O–H groups in total. The molecule has 0 radical (unpaired) electrons. The van der Waals surface area contributed by atoms with Crippen LogP contribution < -0.4 is 14.9 Å². The van der Waals surface area contributed by atoms with Crippen LogP contribution in [0.25, 0.3) is 0 Å². The second-order valence-corrected chi connectivity index (χ2v) is 13.6. The first kappa shape index (κ1) is 36.8. The molecule has 13 heteroatoms. The number of carbonyl (C=O) groups excluding carboxylic acids is 3. The van der Waals surface area contributed by atoms with E-state index in [9.17, 15) is 24.1 Å². The van der Waals surface area contributed by atoms with E-state index in [4.69, 9.17) is 23.5 Å². The first-order valence-corrected chi connectivity index (χ1v) is 17.1. The Morgan fingerprint density at radius 1 is 1.04 bits per heavy atom. The quantitative estimate of drug-likeness (QED) is 0.0936. The molecule has 12 nitrogen and oxygen atoms in total.